The monoisotopic (exact) mass is 302 g/mol. The average Bonchev–Trinajstić information content (AvgIpc) is 2.96. The third-order valence-corrected chi connectivity index (χ3v) is 4.72. The van der Waals surface area contributed by atoms with E-state index in [1.807, 2.05) is 6.08 Å². The van der Waals surface area contributed by atoms with Crippen LogP contribution < -0.4 is 0 Å². The van der Waals surface area contributed by atoms with Crippen LogP contribution in [0.3, 0.4) is 0 Å². The lowest BCUT2D eigenvalue weighted by atomic mass is 9.92. The molecule has 2 aromatic carbocycles. The minimum Gasteiger partial charge on any atom is -0.103 e. The number of benzene rings is 2. The topological polar surface area (TPSA) is 0 Å². The molecule has 0 saturated carbocycles. The maximum atomic E-state index is 3.82. The lowest BCUT2D eigenvalue weighted by Gasteiger charge is -2.13. The fourth-order valence-corrected chi connectivity index (χ4v) is 3.61. The first-order chi connectivity index (χ1) is 11.3. The first kappa shape index (κ1) is 15.8. The summed E-state index contributed by atoms with van der Waals surface area (Å²) in [4.78, 5) is 0. The minimum atomic E-state index is 1.08. The number of fused-ring (bicyclic) bond motifs is 3. The number of hydrogen-bond acceptors (Lipinski definition) is 0. The van der Waals surface area contributed by atoms with Gasteiger partial charge in [0.05, 0.1) is 0 Å². The zero-order valence-corrected chi connectivity index (χ0v) is 14.1. The largest absolute Gasteiger partial charge is 0.103 e. The van der Waals surface area contributed by atoms with Crippen molar-refractivity contribution in [1.82, 2.24) is 0 Å². The molecule has 0 nitrogen and oxygen atoms in total. The zero-order chi connectivity index (χ0) is 16.1. The molecule has 0 unspecified atom stereocenters. The van der Waals surface area contributed by atoms with Gasteiger partial charge in [-0.1, -0.05) is 68.0 Å². The molecule has 0 amide bonds. The van der Waals surface area contributed by atoms with E-state index in [0.717, 1.165) is 19.3 Å². The van der Waals surface area contributed by atoms with Gasteiger partial charge in [0, 0.05) is 0 Å². The van der Waals surface area contributed by atoms with Crippen molar-refractivity contribution in [1.29, 1.82) is 0 Å². The zero-order valence-electron chi connectivity index (χ0n) is 14.1. The van der Waals surface area contributed by atoms with E-state index in [2.05, 4.69) is 62.0 Å². The van der Waals surface area contributed by atoms with Crippen molar-refractivity contribution in [3.8, 4) is 11.1 Å². The summed E-state index contributed by atoms with van der Waals surface area (Å²) in [5.41, 5.74) is 8.85. The molecule has 0 spiro atoms. The summed E-state index contributed by atoms with van der Waals surface area (Å²) in [7, 11) is 0. The van der Waals surface area contributed by atoms with E-state index in [9.17, 15) is 0 Å². The van der Waals surface area contributed by atoms with E-state index in [1.165, 1.54) is 52.7 Å². The van der Waals surface area contributed by atoms with E-state index in [4.69, 9.17) is 0 Å². The molecule has 0 atom stereocenters. The van der Waals surface area contributed by atoms with Gasteiger partial charge in [-0.25, -0.2) is 0 Å². The molecule has 2 aromatic rings. The van der Waals surface area contributed by atoms with Crippen molar-refractivity contribution in [2.45, 2.75) is 45.4 Å². The highest BCUT2D eigenvalue weighted by Crippen LogP contribution is 2.40. The van der Waals surface area contributed by atoms with E-state index in [0.29, 0.717) is 0 Å². The molecule has 3 rings (SSSR count). The van der Waals surface area contributed by atoms with Gasteiger partial charge in [-0.3, -0.25) is 0 Å². The second-order valence-electron chi connectivity index (χ2n) is 6.36. The molecule has 0 heterocycles. The van der Waals surface area contributed by atoms with Gasteiger partial charge in [0.2, 0.25) is 0 Å². The Labute approximate surface area is 140 Å². The highest BCUT2D eigenvalue weighted by atomic mass is 14.2. The Kier molecular flexibility index (Phi) is 5.12. The number of allylic oxidation sites excluding steroid dienone is 3. The number of hydrogen-bond donors (Lipinski definition) is 0. The molecule has 118 valence electrons. The quantitative estimate of drug-likeness (QED) is 0.332. The summed E-state index contributed by atoms with van der Waals surface area (Å²) >= 11 is 0. The van der Waals surface area contributed by atoms with Crippen molar-refractivity contribution in [3.05, 3.63) is 77.9 Å². The van der Waals surface area contributed by atoms with Crippen LogP contribution in [0, 0.1) is 0 Å². The minimum absolute atomic E-state index is 1.08. The van der Waals surface area contributed by atoms with Crippen LogP contribution in [-0.2, 0) is 6.42 Å². The van der Waals surface area contributed by atoms with E-state index in [1.54, 1.807) is 0 Å². The first-order valence-corrected chi connectivity index (χ1v) is 8.85. The highest BCUT2D eigenvalue weighted by molar-refractivity contribution is 5.83. The summed E-state index contributed by atoms with van der Waals surface area (Å²) in [6.07, 6.45) is 11.4. The van der Waals surface area contributed by atoms with Crippen LogP contribution in [0.4, 0.5) is 0 Å². The van der Waals surface area contributed by atoms with Gasteiger partial charge in [-0.2, -0.15) is 0 Å². The molecule has 1 aliphatic rings. The standard InChI is InChI=1S/C23H26/c1-3-5-6-7-12-18(11-4-2)20-15-10-16-22-21-14-9-8-13-19(21)17-23(20)22/h3,8-10,12-16H,1,4-7,11,17H2,2H3. The van der Waals surface area contributed by atoms with Gasteiger partial charge in [-0.05, 0) is 65.5 Å². The SMILES string of the molecule is C=CCCCC=C(CCC)c1cccc2c1Cc1ccccc1-2. The van der Waals surface area contributed by atoms with E-state index in [-0.39, 0.29) is 0 Å². The maximum absolute atomic E-state index is 3.82. The van der Waals surface area contributed by atoms with Gasteiger partial charge in [0.25, 0.3) is 0 Å². The Hall–Kier alpha value is -2.08. The highest BCUT2D eigenvalue weighted by Gasteiger charge is 2.21. The van der Waals surface area contributed by atoms with E-state index >= 15 is 0 Å². The molecular formula is C23H26. The fraction of sp³-hybridized carbons (Fsp3) is 0.304. The summed E-state index contributed by atoms with van der Waals surface area (Å²) in [6, 6.07) is 15.7. The Balaban J connectivity index is 1.95. The van der Waals surface area contributed by atoms with Gasteiger partial charge in [-0.15, -0.1) is 6.58 Å². The van der Waals surface area contributed by atoms with Crippen molar-refractivity contribution in [2.75, 3.05) is 0 Å². The third-order valence-electron chi connectivity index (χ3n) is 4.72. The molecular weight excluding hydrogens is 276 g/mol. The predicted molar refractivity (Wildman–Crippen MR) is 102 cm³/mol. The lowest BCUT2D eigenvalue weighted by molar-refractivity contribution is 0.864. The molecule has 0 fully saturated rings. The predicted octanol–water partition coefficient (Wildman–Crippen LogP) is 6.80. The normalized spacial score (nSPS) is 12.8. The molecule has 0 heteroatoms. The Bertz CT molecular complexity index is 719. The van der Waals surface area contributed by atoms with Gasteiger partial charge in [0.15, 0.2) is 0 Å². The van der Waals surface area contributed by atoms with Crippen LogP contribution in [0.25, 0.3) is 16.7 Å². The van der Waals surface area contributed by atoms with Gasteiger partial charge in [0.1, 0.15) is 0 Å². The Morgan fingerprint density at radius 2 is 1.87 bits per heavy atom. The van der Waals surface area contributed by atoms with Crippen LogP contribution in [0.15, 0.2) is 61.2 Å². The van der Waals surface area contributed by atoms with Gasteiger partial charge < -0.3 is 0 Å². The maximum Gasteiger partial charge on any atom is -0.000740 e. The molecule has 0 saturated heterocycles. The molecule has 0 aliphatic heterocycles. The Morgan fingerprint density at radius 1 is 1.04 bits per heavy atom. The molecule has 0 N–H and O–H groups in total. The van der Waals surface area contributed by atoms with Crippen molar-refractivity contribution >= 4 is 5.57 Å². The molecule has 0 aromatic heterocycles. The van der Waals surface area contributed by atoms with Gasteiger partial charge >= 0.3 is 0 Å². The summed E-state index contributed by atoms with van der Waals surface area (Å²) in [5, 5.41) is 0. The van der Waals surface area contributed by atoms with Crippen LogP contribution in [0.2, 0.25) is 0 Å². The van der Waals surface area contributed by atoms with Crippen LogP contribution in [0.1, 0.15) is 55.7 Å². The van der Waals surface area contributed by atoms with Crippen LogP contribution in [0.5, 0.6) is 0 Å². The number of rotatable bonds is 7. The fourth-order valence-electron chi connectivity index (χ4n) is 3.61. The second kappa shape index (κ2) is 7.46. The van der Waals surface area contributed by atoms with Crippen LogP contribution >= 0.6 is 0 Å². The van der Waals surface area contributed by atoms with Crippen molar-refractivity contribution in [2.24, 2.45) is 0 Å². The molecule has 0 radical (unpaired) electrons. The first-order valence-electron chi connectivity index (χ1n) is 8.85. The average molecular weight is 302 g/mol. The summed E-state index contributed by atoms with van der Waals surface area (Å²) < 4.78 is 0. The van der Waals surface area contributed by atoms with Crippen molar-refractivity contribution < 1.29 is 0 Å². The lowest BCUT2D eigenvalue weighted by Crippen LogP contribution is -1.93. The summed E-state index contributed by atoms with van der Waals surface area (Å²) in [5.74, 6) is 0. The van der Waals surface area contributed by atoms with E-state index < -0.39 is 0 Å². The number of unbranched alkanes of at least 4 members (excludes halogenated alkanes) is 2. The molecule has 0 bridgehead atoms. The summed E-state index contributed by atoms with van der Waals surface area (Å²) in [6.45, 7) is 6.09. The Morgan fingerprint density at radius 3 is 2.70 bits per heavy atom. The van der Waals surface area contributed by atoms with Crippen LogP contribution in [-0.4, -0.2) is 0 Å². The second-order valence-corrected chi connectivity index (χ2v) is 6.36. The van der Waals surface area contributed by atoms with Crippen molar-refractivity contribution in [3.63, 3.8) is 0 Å². The molecule has 23 heavy (non-hydrogen) atoms. The molecule has 1 aliphatic carbocycles. The smallest absolute Gasteiger partial charge is 0.000740 e. The third kappa shape index (κ3) is 3.32.